The Morgan fingerprint density at radius 1 is 1.25 bits per heavy atom. The Kier molecular flexibility index (Phi) is 2.69. The first-order chi connectivity index (χ1) is 7.58. The van der Waals surface area contributed by atoms with Gasteiger partial charge in [0.2, 0.25) is 0 Å². The lowest BCUT2D eigenvalue weighted by molar-refractivity contribution is 0.0872. The molecule has 0 unspecified atom stereocenters. The van der Waals surface area contributed by atoms with E-state index in [9.17, 15) is 4.79 Å². The molecule has 0 atom stereocenters. The predicted octanol–water partition coefficient (Wildman–Crippen LogP) is 3.06. The van der Waals surface area contributed by atoms with Crippen molar-refractivity contribution in [3.63, 3.8) is 0 Å². The van der Waals surface area contributed by atoms with Gasteiger partial charge in [-0.25, -0.2) is 4.79 Å². The summed E-state index contributed by atoms with van der Waals surface area (Å²) < 4.78 is 10.0. The summed E-state index contributed by atoms with van der Waals surface area (Å²) in [6.45, 7) is 3.63. The molecule has 1 aromatic carbocycles. The van der Waals surface area contributed by atoms with Crippen molar-refractivity contribution in [3.05, 3.63) is 47.7 Å². The fourth-order valence-electron chi connectivity index (χ4n) is 1.60. The zero-order valence-electron chi connectivity index (χ0n) is 9.40. The molecule has 16 heavy (non-hydrogen) atoms. The molecule has 0 spiro atoms. The third-order valence-corrected chi connectivity index (χ3v) is 2.49. The van der Waals surface area contributed by atoms with Crippen molar-refractivity contribution in [2.75, 3.05) is 0 Å². The summed E-state index contributed by atoms with van der Waals surface area (Å²) in [5, 5.41) is 0. The molecule has 1 aliphatic rings. The highest BCUT2D eigenvalue weighted by Gasteiger charge is 2.38. The van der Waals surface area contributed by atoms with E-state index >= 15 is 0 Å². The number of benzene rings is 1. The zero-order chi connectivity index (χ0) is 11.6. The van der Waals surface area contributed by atoms with Crippen molar-refractivity contribution in [3.8, 4) is 0 Å². The number of ether oxygens (including phenoxy) is 2. The van der Waals surface area contributed by atoms with Crippen LogP contribution in [0.5, 0.6) is 0 Å². The van der Waals surface area contributed by atoms with E-state index in [-0.39, 0.29) is 0 Å². The van der Waals surface area contributed by atoms with Crippen LogP contribution in [-0.2, 0) is 15.9 Å². The van der Waals surface area contributed by atoms with Gasteiger partial charge >= 0.3 is 6.16 Å². The lowest BCUT2D eigenvalue weighted by Crippen LogP contribution is -2.20. The molecule has 0 bridgehead atoms. The summed E-state index contributed by atoms with van der Waals surface area (Å²) in [5.41, 5.74) is 0.528. The zero-order valence-corrected chi connectivity index (χ0v) is 9.40. The van der Waals surface area contributed by atoms with Gasteiger partial charge in [-0.3, -0.25) is 0 Å². The molecule has 0 aromatic heterocycles. The van der Waals surface area contributed by atoms with Crippen LogP contribution in [0, 0.1) is 0 Å². The molecule has 0 N–H and O–H groups in total. The predicted molar refractivity (Wildman–Crippen MR) is 59.9 cm³/mol. The number of rotatable bonds is 2. The maximum Gasteiger partial charge on any atom is 0.514 e. The van der Waals surface area contributed by atoms with Crippen molar-refractivity contribution >= 4 is 6.16 Å². The number of hydrogen-bond acceptors (Lipinski definition) is 3. The minimum absolute atomic E-state index is 0.585. The smallest absolute Gasteiger partial charge is 0.420 e. The molecular weight excluding hydrogens is 204 g/mol. The molecule has 3 heteroatoms. The van der Waals surface area contributed by atoms with E-state index in [0.717, 1.165) is 6.42 Å². The van der Waals surface area contributed by atoms with Crippen LogP contribution in [-0.4, -0.2) is 11.8 Å². The summed E-state index contributed by atoms with van der Waals surface area (Å²) in [6.07, 6.45) is 2.00. The van der Waals surface area contributed by atoms with E-state index in [2.05, 4.69) is 0 Å². The molecule has 1 heterocycles. The van der Waals surface area contributed by atoms with E-state index in [4.69, 9.17) is 9.47 Å². The Hall–Kier alpha value is -1.77. The van der Waals surface area contributed by atoms with Gasteiger partial charge in [0.1, 0.15) is 0 Å². The Morgan fingerprint density at radius 3 is 2.50 bits per heavy atom. The summed E-state index contributed by atoms with van der Waals surface area (Å²) in [5.74, 6) is 0.585. The van der Waals surface area contributed by atoms with E-state index < -0.39 is 11.8 Å². The van der Waals surface area contributed by atoms with Gasteiger partial charge in [0, 0.05) is 0 Å². The molecular formula is C13H14O3. The van der Waals surface area contributed by atoms with E-state index in [1.165, 1.54) is 5.56 Å². The minimum Gasteiger partial charge on any atom is -0.420 e. The standard InChI is InChI=1S/C13H14O3/c1-13(2)11(15-12(14)16-13)9-8-10-6-4-3-5-7-10/h3-7,9H,8H2,1-2H3. The lowest BCUT2D eigenvalue weighted by atomic mass is 10.0. The largest absolute Gasteiger partial charge is 0.514 e. The van der Waals surface area contributed by atoms with E-state index in [1.54, 1.807) is 0 Å². The fraction of sp³-hybridized carbons (Fsp3) is 0.308. The molecule has 0 saturated carbocycles. The van der Waals surface area contributed by atoms with E-state index in [0.29, 0.717) is 5.76 Å². The third-order valence-electron chi connectivity index (χ3n) is 2.49. The van der Waals surface area contributed by atoms with Crippen molar-refractivity contribution < 1.29 is 14.3 Å². The highest BCUT2D eigenvalue weighted by Crippen LogP contribution is 2.29. The molecule has 1 aromatic rings. The lowest BCUT2D eigenvalue weighted by Gasteiger charge is -2.13. The normalized spacial score (nSPS) is 20.6. The monoisotopic (exact) mass is 218 g/mol. The average Bonchev–Trinajstić information content (AvgIpc) is 2.50. The minimum atomic E-state index is -0.647. The maximum absolute atomic E-state index is 11.0. The fourth-order valence-corrected chi connectivity index (χ4v) is 1.60. The Labute approximate surface area is 94.7 Å². The molecule has 3 nitrogen and oxygen atoms in total. The Morgan fingerprint density at radius 2 is 1.94 bits per heavy atom. The van der Waals surface area contributed by atoms with Gasteiger partial charge in [-0.1, -0.05) is 30.3 Å². The van der Waals surface area contributed by atoms with Crippen LogP contribution in [0.1, 0.15) is 19.4 Å². The van der Waals surface area contributed by atoms with Crippen LogP contribution in [0.3, 0.4) is 0 Å². The Balaban J connectivity index is 2.11. The molecule has 1 aliphatic heterocycles. The molecule has 0 amide bonds. The molecule has 84 valence electrons. The summed E-state index contributed by atoms with van der Waals surface area (Å²) in [6, 6.07) is 9.99. The van der Waals surface area contributed by atoms with Crippen LogP contribution in [0.2, 0.25) is 0 Å². The van der Waals surface area contributed by atoms with Crippen molar-refractivity contribution in [1.29, 1.82) is 0 Å². The quantitative estimate of drug-likeness (QED) is 0.716. The van der Waals surface area contributed by atoms with Crippen LogP contribution >= 0.6 is 0 Å². The van der Waals surface area contributed by atoms with Crippen LogP contribution in [0.4, 0.5) is 4.79 Å². The number of hydrogen-bond donors (Lipinski definition) is 0. The van der Waals surface area contributed by atoms with Gasteiger partial charge in [0.05, 0.1) is 0 Å². The van der Waals surface area contributed by atoms with Crippen LogP contribution < -0.4 is 0 Å². The number of cyclic esters (lactones) is 2. The second-order valence-corrected chi connectivity index (χ2v) is 4.22. The maximum atomic E-state index is 11.0. The first-order valence-electron chi connectivity index (χ1n) is 5.23. The highest BCUT2D eigenvalue weighted by atomic mass is 16.8. The van der Waals surface area contributed by atoms with Crippen LogP contribution in [0.15, 0.2) is 42.2 Å². The topological polar surface area (TPSA) is 35.5 Å². The van der Waals surface area contributed by atoms with Gasteiger partial charge in [-0.2, -0.15) is 0 Å². The molecule has 2 rings (SSSR count). The average molecular weight is 218 g/mol. The molecule has 0 radical (unpaired) electrons. The summed E-state index contributed by atoms with van der Waals surface area (Å²) in [7, 11) is 0. The van der Waals surface area contributed by atoms with Gasteiger partial charge in [-0.05, 0) is 31.9 Å². The van der Waals surface area contributed by atoms with Crippen molar-refractivity contribution in [2.45, 2.75) is 25.9 Å². The van der Waals surface area contributed by atoms with Gasteiger partial charge in [-0.15, -0.1) is 0 Å². The van der Waals surface area contributed by atoms with Crippen molar-refractivity contribution in [2.24, 2.45) is 0 Å². The first-order valence-corrected chi connectivity index (χ1v) is 5.23. The number of carbonyl (C=O) groups is 1. The summed E-state index contributed by atoms with van der Waals surface area (Å²) >= 11 is 0. The number of carbonyl (C=O) groups excluding carboxylic acids is 1. The highest BCUT2D eigenvalue weighted by molar-refractivity contribution is 5.66. The van der Waals surface area contributed by atoms with E-state index in [1.807, 2.05) is 50.3 Å². The second kappa shape index (κ2) is 4.00. The van der Waals surface area contributed by atoms with Gasteiger partial charge < -0.3 is 9.47 Å². The van der Waals surface area contributed by atoms with Gasteiger partial charge in [0.15, 0.2) is 11.4 Å². The second-order valence-electron chi connectivity index (χ2n) is 4.22. The van der Waals surface area contributed by atoms with Gasteiger partial charge in [0.25, 0.3) is 0 Å². The third kappa shape index (κ3) is 2.24. The number of allylic oxidation sites excluding steroid dienone is 1. The molecule has 1 fully saturated rings. The summed E-state index contributed by atoms with van der Waals surface area (Å²) in [4.78, 5) is 11.0. The first kappa shape index (κ1) is 10.7. The SMILES string of the molecule is CC1(C)OC(=O)OC1=CCc1ccccc1. The van der Waals surface area contributed by atoms with Crippen molar-refractivity contribution in [1.82, 2.24) is 0 Å². The molecule has 1 saturated heterocycles. The molecule has 0 aliphatic carbocycles. The van der Waals surface area contributed by atoms with Crippen LogP contribution in [0.25, 0.3) is 0 Å². The Bertz CT molecular complexity index is 418.